The highest BCUT2D eigenvalue weighted by Crippen LogP contribution is 2.33. The number of halogens is 4. The van der Waals surface area contributed by atoms with E-state index in [4.69, 9.17) is 22.0 Å². The maximum atomic E-state index is 12.6. The second-order valence-electron chi connectivity index (χ2n) is 3.53. The molecule has 0 spiro atoms. The number of alkyl halides is 4. The fourth-order valence-corrected chi connectivity index (χ4v) is 1.39. The van der Waals surface area contributed by atoms with E-state index in [1.54, 1.807) is 0 Å². The van der Waals surface area contributed by atoms with E-state index < -0.39 is 29.3 Å². The minimum atomic E-state index is -4.71. The molecule has 0 heterocycles. The minimum absolute atomic E-state index is 0.180. The lowest BCUT2D eigenvalue weighted by Gasteiger charge is -2.12. The van der Waals surface area contributed by atoms with Crippen molar-refractivity contribution in [3.05, 3.63) is 29.3 Å². The van der Waals surface area contributed by atoms with Crippen molar-refractivity contribution in [3.63, 3.8) is 0 Å². The number of rotatable bonds is 3. The second-order valence-corrected chi connectivity index (χ2v) is 3.84. The van der Waals surface area contributed by atoms with Crippen LogP contribution in [0.2, 0.25) is 0 Å². The van der Waals surface area contributed by atoms with Crippen molar-refractivity contribution in [2.75, 3.05) is 11.2 Å². The number of nitrogens with zero attached hydrogens (tertiary/aromatic N) is 1. The first-order valence-electron chi connectivity index (χ1n) is 4.96. The van der Waals surface area contributed by atoms with E-state index >= 15 is 0 Å². The van der Waals surface area contributed by atoms with Gasteiger partial charge < -0.3 is 10.4 Å². The normalized spacial score (nSPS) is 12.6. The summed E-state index contributed by atoms with van der Waals surface area (Å²) in [4.78, 5) is 11.3. The molecule has 0 saturated carbocycles. The summed E-state index contributed by atoms with van der Waals surface area (Å²) in [5.41, 5.74) is -1.89. The molecule has 0 aliphatic carbocycles. The molecule has 1 rings (SSSR count). The van der Waals surface area contributed by atoms with Gasteiger partial charge in [-0.05, 0) is 18.2 Å². The zero-order valence-electron chi connectivity index (χ0n) is 9.33. The molecular formula is C11H8ClF3N2O2. The third-order valence-corrected chi connectivity index (χ3v) is 2.45. The van der Waals surface area contributed by atoms with E-state index in [2.05, 4.69) is 5.32 Å². The van der Waals surface area contributed by atoms with Crippen molar-refractivity contribution in [3.8, 4) is 6.07 Å². The largest absolute Gasteiger partial charge is 0.417 e. The van der Waals surface area contributed by atoms with Crippen molar-refractivity contribution in [2.45, 2.75) is 12.3 Å². The summed E-state index contributed by atoms with van der Waals surface area (Å²) in [5, 5.41) is 19.8. The SMILES string of the molecule is N#Cc1ccc(NC(=O)C(O)CCl)cc1C(F)(F)F. The van der Waals surface area contributed by atoms with E-state index in [1.165, 1.54) is 6.07 Å². The van der Waals surface area contributed by atoms with Crippen LogP contribution in [0.5, 0.6) is 0 Å². The molecule has 0 aliphatic rings. The number of carbonyl (C=O) groups is 1. The molecule has 8 heteroatoms. The van der Waals surface area contributed by atoms with E-state index in [0.717, 1.165) is 12.1 Å². The second kappa shape index (κ2) is 5.91. The smallest absolute Gasteiger partial charge is 0.382 e. The molecule has 1 unspecified atom stereocenters. The third kappa shape index (κ3) is 3.84. The highest BCUT2D eigenvalue weighted by Gasteiger charge is 2.34. The number of benzene rings is 1. The number of amides is 1. The first kappa shape index (κ1) is 15.3. The lowest BCUT2D eigenvalue weighted by molar-refractivity contribution is -0.137. The zero-order valence-corrected chi connectivity index (χ0v) is 10.1. The molecule has 0 aliphatic heterocycles. The van der Waals surface area contributed by atoms with Gasteiger partial charge in [0.2, 0.25) is 0 Å². The Kier molecular flexibility index (Phi) is 4.75. The van der Waals surface area contributed by atoms with Gasteiger partial charge in [-0.1, -0.05) is 0 Å². The number of carbonyl (C=O) groups excluding carboxylic acids is 1. The van der Waals surface area contributed by atoms with E-state index in [0.29, 0.717) is 6.07 Å². The number of hydrogen-bond donors (Lipinski definition) is 2. The van der Waals surface area contributed by atoms with Crippen LogP contribution in [0.25, 0.3) is 0 Å². The van der Waals surface area contributed by atoms with Crippen LogP contribution in [0.3, 0.4) is 0 Å². The van der Waals surface area contributed by atoms with Crippen LogP contribution in [0.4, 0.5) is 18.9 Å². The van der Waals surface area contributed by atoms with Gasteiger partial charge >= 0.3 is 6.18 Å². The van der Waals surface area contributed by atoms with Gasteiger partial charge in [-0.15, -0.1) is 11.6 Å². The molecule has 0 aromatic heterocycles. The topological polar surface area (TPSA) is 73.1 Å². The standard InChI is InChI=1S/C11H8ClF3N2O2/c12-4-9(18)10(19)17-7-2-1-6(5-16)8(3-7)11(13,14)15/h1-3,9,18H,4H2,(H,17,19). The van der Waals surface area contributed by atoms with E-state index in [-0.39, 0.29) is 11.6 Å². The lowest BCUT2D eigenvalue weighted by atomic mass is 10.1. The highest BCUT2D eigenvalue weighted by atomic mass is 35.5. The number of nitriles is 1. The predicted octanol–water partition coefficient (Wildman–Crippen LogP) is 2.12. The Hall–Kier alpha value is -1.78. The number of hydrogen-bond acceptors (Lipinski definition) is 3. The molecule has 1 aromatic carbocycles. The lowest BCUT2D eigenvalue weighted by Crippen LogP contribution is -2.29. The van der Waals surface area contributed by atoms with Crippen LogP contribution in [0.15, 0.2) is 18.2 Å². The van der Waals surface area contributed by atoms with Gasteiger partial charge in [-0.2, -0.15) is 18.4 Å². The Morgan fingerprint density at radius 2 is 2.16 bits per heavy atom. The van der Waals surface area contributed by atoms with Gasteiger partial charge in [0.15, 0.2) is 0 Å². The van der Waals surface area contributed by atoms with Gasteiger partial charge in [0.25, 0.3) is 5.91 Å². The van der Waals surface area contributed by atoms with Crippen molar-refractivity contribution in [1.82, 2.24) is 0 Å². The molecule has 4 nitrogen and oxygen atoms in total. The maximum absolute atomic E-state index is 12.6. The van der Waals surface area contributed by atoms with Crippen molar-refractivity contribution < 1.29 is 23.1 Å². The van der Waals surface area contributed by atoms with Gasteiger partial charge in [-0.3, -0.25) is 4.79 Å². The Labute approximate surface area is 111 Å². The van der Waals surface area contributed by atoms with Crippen molar-refractivity contribution in [2.24, 2.45) is 0 Å². The van der Waals surface area contributed by atoms with Crippen molar-refractivity contribution in [1.29, 1.82) is 5.26 Å². The predicted molar refractivity (Wildman–Crippen MR) is 61.5 cm³/mol. The molecule has 0 radical (unpaired) electrons. The summed E-state index contributed by atoms with van der Waals surface area (Å²) in [6, 6.07) is 4.10. The highest BCUT2D eigenvalue weighted by molar-refractivity contribution is 6.20. The van der Waals surface area contributed by atoms with Crippen LogP contribution < -0.4 is 5.32 Å². The average Bonchev–Trinajstić information content (AvgIpc) is 2.36. The van der Waals surface area contributed by atoms with Gasteiger partial charge in [0.1, 0.15) is 6.10 Å². The molecule has 1 amide bonds. The van der Waals surface area contributed by atoms with E-state index in [9.17, 15) is 18.0 Å². The zero-order chi connectivity index (χ0) is 14.6. The van der Waals surface area contributed by atoms with Gasteiger partial charge in [0, 0.05) is 5.69 Å². The summed E-state index contributed by atoms with van der Waals surface area (Å²) in [6.07, 6.45) is -6.23. The van der Waals surface area contributed by atoms with Gasteiger partial charge in [0.05, 0.1) is 23.1 Å². The molecule has 0 bridgehead atoms. The monoisotopic (exact) mass is 292 g/mol. The summed E-state index contributed by atoms with van der Waals surface area (Å²) in [6.45, 7) is 0. The van der Waals surface area contributed by atoms with Crippen molar-refractivity contribution >= 4 is 23.2 Å². The Bertz CT molecular complexity index is 526. The summed E-state index contributed by atoms with van der Waals surface area (Å²) in [5.74, 6) is -1.30. The molecule has 0 saturated heterocycles. The molecular weight excluding hydrogens is 285 g/mol. The molecule has 2 N–H and O–H groups in total. The first-order chi connectivity index (χ1) is 8.79. The van der Waals surface area contributed by atoms with Gasteiger partial charge in [-0.25, -0.2) is 0 Å². The van der Waals surface area contributed by atoms with E-state index in [1.807, 2.05) is 0 Å². The molecule has 102 valence electrons. The third-order valence-electron chi connectivity index (χ3n) is 2.16. The molecule has 1 atom stereocenters. The Morgan fingerprint density at radius 3 is 2.63 bits per heavy atom. The van der Waals surface area contributed by atoms with Crippen LogP contribution in [-0.4, -0.2) is 23.0 Å². The van der Waals surface area contributed by atoms with Crippen LogP contribution in [-0.2, 0) is 11.0 Å². The number of nitrogens with one attached hydrogen (secondary N) is 1. The Balaban J connectivity index is 3.07. The summed E-state index contributed by atoms with van der Waals surface area (Å²) < 4.78 is 37.9. The molecule has 19 heavy (non-hydrogen) atoms. The van der Waals surface area contributed by atoms with Crippen LogP contribution in [0, 0.1) is 11.3 Å². The fourth-order valence-electron chi connectivity index (χ4n) is 1.25. The van der Waals surface area contributed by atoms with Crippen LogP contribution >= 0.6 is 11.6 Å². The summed E-state index contributed by atoms with van der Waals surface area (Å²) >= 11 is 5.23. The fraction of sp³-hybridized carbons (Fsp3) is 0.273. The maximum Gasteiger partial charge on any atom is 0.417 e. The minimum Gasteiger partial charge on any atom is -0.382 e. The molecule has 1 aromatic rings. The molecule has 0 fully saturated rings. The quantitative estimate of drug-likeness (QED) is 0.838. The number of aliphatic hydroxyl groups is 1. The Morgan fingerprint density at radius 1 is 1.53 bits per heavy atom. The number of anilines is 1. The summed E-state index contributed by atoms with van der Waals surface area (Å²) in [7, 11) is 0. The number of aliphatic hydroxyl groups excluding tert-OH is 1. The average molecular weight is 293 g/mol. The van der Waals surface area contributed by atoms with Crippen LogP contribution in [0.1, 0.15) is 11.1 Å². The first-order valence-corrected chi connectivity index (χ1v) is 5.49.